The Kier molecular flexibility index (Phi) is 21.6. The zero-order valence-corrected chi connectivity index (χ0v) is 4.30. The van der Waals surface area contributed by atoms with Gasteiger partial charge in [-0.15, -0.1) is 0 Å². The van der Waals surface area contributed by atoms with Crippen molar-refractivity contribution in [2.24, 2.45) is 0 Å². The maximum absolute atomic E-state index is 8.88. The minimum atomic E-state index is -4.64. The second kappa shape index (κ2) is 7.09. The van der Waals surface area contributed by atoms with Crippen LogP contribution in [-0.4, -0.2) is 28.6 Å². The van der Waals surface area contributed by atoms with Gasteiger partial charge in [0.1, 0.15) is 0 Å². The highest BCUT2D eigenvalue weighted by atomic mass is 31.2. The Labute approximate surface area is 48.2 Å². The predicted molar refractivity (Wildman–Crippen MR) is 32.8 cm³/mol. The molecule has 6 nitrogen and oxygen atoms in total. The van der Waals surface area contributed by atoms with Crippen molar-refractivity contribution in [3.8, 4) is 0 Å². The summed E-state index contributed by atoms with van der Waals surface area (Å²) in [5.41, 5.74) is 0. The van der Waals surface area contributed by atoms with E-state index in [0.717, 1.165) is 0 Å². The van der Waals surface area contributed by atoms with Crippen LogP contribution < -0.4 is 6.15 Å². The lowest BCUT2D eigenvalue weighted by Gasteiger charge is -1.82. The first kappa shape index (κ1) is 24.3. The molecule has 0 amide bonds. The summed E-state index contributed by atoms with van der Waals surface area (Å²) in [5.74, 6) is 0. The molecule has 0 aliphatic carbocycles. The zero-order valence-electron chi connectivity index (χ0n) is 3.40. The normalized spacial score (nSPS) is 7.38. The first-order chi connectivity index (χ1) is 2.00. The maximum atomic E-state index is 8.88. The zero-order chi connectivity index (χ0) is 4.50. The lowest BCUT2D eigenvalue weighted by Crippen LogP contribution is -1.66. The molecular weight excluding hydrogens is 136 g/mol. The molecule has 0 radical (unpaired) electrons. The molecule has 0 aliphatic heterocycles. The van der Waals surface area contributed by atoms with Crippen LogP contribution in [0.15, 0.2) is 0 Å². The first-order valence-corrected chi connectivity index (χ1v) is 2.35. The maximum Gasteiger partial charge on any atom is 0.466 e. The monoisotopic (exact) mass is 147 g/mol. The van der Waals surface area contributed by atoms with Crippen molar-refractivity contribution in [3.05, 3.63) is 0 Å². The molecule has 0 rings (SSSR count). The lowest BCUT2D eigenvalue weighted by atomic mass is 10.8. The van der Waals surface area contributed by atoms with Crippen molar-refractivity contribution in [2.75, 3.05) is 0 Å². The number of hydrogen-bond acceptors (Lipinski definition) is 2. The van der Waals surface area contributed by atoms with E-state index >= 15 is 0 Å². The van der Waals surface area contributed by atoms with E-state index < -0.39 is 7.82 Å². The number of rotatable bonds is 0. The third-order valence-corrected chi connectivity index (χ3v) is 0. The van der Waals surface area contributed by atoms with Crippen LogP contribution in [0.3, 0.4) is 0 Å². The second-order valence-electron chi connectivity index (χ2n) is 0.513. The molecule has 0 saturated carbocycles. The molecule has 0 fully saturated rings. The van der Waals surface area contributed by atoms with Gasteiger partial charge in [-0.2, -0.15) is 0 Å². The molecular formula is H11BNO5P. The topological polar surface area (TPSA) is 144 Å². The molecule has 0 aliphatic rings. The summed E-state index contributed by atoms with van der Waals surface area (Å²) in [6.45, 7) is 0. The van der Waals surface area contributed by atoms with Crippen molar-refractivity contribution >= 4 is 16.2 Å². The van der Waals surface area contributed by atoms with Crippen molar-refractivity contribution < 1.29 is 24.7 Å². The molecule has 0 saturated heterocycles. The minimum Gasteiger partial charge on any atom is -0.412 e. The molecule has 0 bridgehead atoms. The Morgan fingerprint density at radius 1 is 1.12 bits per heavy atom. The van der Waals surface area contributed by atoms with Crippen LogP contribution in [0.5, 0.6) is 0 Å². The van der Waals surface area contributed by atoms with Crippen LogP contribution in [0.2, 0.25) is 0 Å². The van der Waals surface area contributed by atoms with Gasteiger partial charge in [-0.25, -0.2) is 4.57 Å². The summed E-state index contributed by atoms with van der Waals surface area (Å²) in [7, 11) is -4.64. The van der Waals surface area contributed by atoms with Crippen LogP contribution >= 0.6 is 7.82 Å². The average molecular weight is 147 g/mol. The first-order valence-electron chi connectivity index (χ1n) is 0.783. The molecule has 0 unspecified atom stereocenters. The standard InChI is InChI=1S/BH3.H3N.H3O4P.H2O/c;;1-5(2,3)4;/h2*1H3;(H3,1,2,3,4);1H2. The highest BCUT2D eigenvalue weighted by molar-refractivity contribution is 7.45. The van der Waals surface area contributed by atoms with E-state index in [2.05, 4.69) is 0 Å². The van der Waals surface area contributed by atoms with Gasteiger partial charge in [0.2, 0.25) is 0 Å². The third kappa shape index (κ3) is 17600. The van der Waals surface area contributed by atoms with Crippen LogP contribution in [0.1, 0.15) is 0 Å². The van der Waals surface area contributed by atoms with Gasteiger partial charge in [-0.3, -0.25) is 0 Å². The molecule has 8 heavy (non-hydrogen) atoms. The third-order valence-electron chi connectivity index (χ3n) is 0. The second-order valence-corrected chi connectivity index (χ2v) is 1.54. The van der Waals surface area contributed by atoms with Gasteiger partial charge in [0.25, 0.3) is 0 Å². The Morgan fingerprint density at radius 2 is 1.12 bits per heavy atom. The van der Waals surface area contributed by atoms with Gasteiger partial charge in [-0.05, 0) is 0 Å². The fraction of sp³-hybridized carbons (Fsp3) is 0. The fourth-order valence-electron chi connectivity index (χ4n) is 0. The molecule has 8 N–H and O–H groups in total. The summed E-state index contributed by atoms with van der Waals surface area (Å²) in [4.78, 5) is 21.6. The Balaban J connectivity index is -0.0000000267. The van der Waals surface area contributed by atoms with Crippen LogP contribution in [-0.2, 0) is 4.57 Å². The molecule has 8 heteroatoms. The molecule has 0 spiro atoms. The van der Waals surface area contributed by atoms with Gasteiger partial charge in [0.15, 0.2) is 0 Å². The van der Waals surface area contributed by atoms with E-state index in [9.17, 15) is 0 Å². The highest BCUT2D eigenvalue weighted by Crippen LogP contribution is 2.25. The summed E-state index contributed by atoms with van der Waals surface area (Å²) in [5, 5.41) is 0. The van der Waals surface area contributed by atoms with E-state index in [4.69, 9.17) is 19.2 Å². The minimum absolute atomic E-state index is 0. The van der Waals surface area contributed by atoms with Crippen molar-refractivity contribution in [1.82, 2.24) is 6.15 Å². The van der Waals surface area contributed by atoms with Crippen LogP contribution in [0.25, 0.3) is 0 Å². The molecule has 54 valence electrons. The largest absolute Gasteiger partial charge is 0.466 e. The van der Waals surface area contributed by atoms with Gasteiger partial charge in [0, 0.05) is 0 Å². The van der Waals surface area contributed by atoms with Gasteiger partial charge in [0.05, 0.1) is 8.41 Å². The summed E-state index contributed by atoms with van der Waals surface area (Å²) < 4.78 is 8.88. The van der Waals surface area contributed by atoms with Crippen molar-refractivity contribution in [1.29, 1.82) is 0 Å². The summed E-state index contributed by atoms with van der Waals surface area (Å²) in [6, 6.07) is 0. The Hall–Kier alpha value is 0.0949. The van der Waals surface area contributed by atoms with E-state index in [-0.39, 0.29) is 20.0 Å². The molecule has 0 heterocycles. The SMILES string of the molecule is B.N.O.O=P(O)(O)O. The van der Waals surface area contributed by atoms with Gasteiger partial charge in [-0.1, -0.05) is 0 Å². The van der Waals surface area contributed by atoms with E-state index in [1.165, 1.54) is 0 Å². The molecule has 0 aromatic carbocycles. The molecule has 0 aromatic rings. The van der Waals surface area contributed by atoms with Gasteiger partial charge >= 0.3 is 7.82 Å². The molecule has 0 aromatic heterocycles. The predicted octanol–water partition coefficient (Wildman–Crippen LogP) is -2.78. The number of hydrogen-bond donors (Lipinski definition) is 4. The Bertz CT molecular complexity index is 58.6. The quantitative estimate of drug-likeness (QED) is 0.216. The lowest BCUT2D eigenvalue weighted by molar-refractivity contribution is 0.275. The smallest absolute Gasteiger partial charge is 0.412 e. The van der Waals surface area contributed by atoms with Crippen LogP contribution in [0.4, 0.5) is 0 Å². The van der Waals surface area contributed by atoms with Gasteiger partial charge < -0.3 is 26.3 Å². The highest BCUT2D eigenvalue weighted by Gasteiger charge is 2.00. The van der Waals surface area contributed by atoms with Crippen molar-refractivity contribution in [3.63, 3.8) is 0 Å². The molecule has 0 atom stereocenters. The Morgan fingerprint density at radius 3 is 1.12 bits per heavy atom. The number of phosphoric acid groups is 1. The average Bonchev–Trinajstić information content (AvgIpc) is 0.722. The van der Waals surface area contributed by atoms with Crippen molar-refractivity contribution in [2.45, 2.75) is 0 Å². The van der Waals surface area contributed by atoms with E-state index in [1.54, 1.807) is 0 Å². The summed E-state index contributed by atoms with van der Waals surface area (Å²) in [6.07, 6.45) is 0. The fourth-order valence-corrected chi connectivity index (χ4v) is 0. The van der Waals surface area contributed by atoms with Crippen LogP contribution in [0, 0.1) is 0 Å². The summed E-state index contributed by atoms with van der Waals surface area (Å²) >= 11 is 0. The van der Waals surface area contributed by atoms with E-state index in [1.807, 2.05) is 0 Å². The van der Waals surface area contributed by atoms with E-state index in [0.29, 0.717) is 0 Å².